The quantitative estimate of drug-likeness (QED) is 0.892. The second-order valence-electron chi connectivity index (χ2n) is 3.78. The van der Waals surface area contributed by atoms with Crippen LogP contribution < -0.4 is 5.32 Å². The van der Waals surface area contributed by atoms with E-state index in [1.807, 2.05) is 0 Å². The average Bonchev–Trinajstić information content (AvgIpc) is 2.76. The molecule has 0 aliphatic heterocycles. The number of nitrogens with zero attached hydrogens (tertiary/aromatic N) is 2. The van der Waals surface area contributed by atoms with Crippen molar-refractivity contribution in [3.8, 4) is 17.1 Å². The largest absolute Gasteiger partial charge is 0.508 e. The van der Waals surface area contributed by atoms with Gasteiger partial charge < -0.3 is 14.9 Å². The summed E-state index contributed by atoms with van der Waals surface area (Å²) < 4.78 is 40.5. The van der Waals surface area contributed by atoms with Crippen LogP contribution in [0.25, 0.3) is 11.4 Å². The summed E-state index contributed by atoms with van der Waals surface area (Å²) in [5.74, 6) is 0.293. The van der Waals surface area contributed by atoms with Crippen LogP contribution in [-0.4, -0.2) is 28.0 Å². The Kier molecular flexibility index (Phi) is 3.70. The van der Waals surface area contributed by atoms with Gasteiger partial charge in [0.2, 0.25) is 11.7 Å². The van der Waals surface area contributed by atoms with Crippen molar-refractivity contribution in [2.24, 2.45) is 0 Å². The number of hydrogen-bond donors (Lipinski definition) is 2. The van der Waals surface area contributed by atoms with Crippen molar-refractivity contribution in [1.82, 2.24) is 15.5 Å². The molecule has 102 valence electrons. The maximum Gasteiger partial charge on any atom is 0.401 e. The summed E-state index contributed by atoms with van der Waals surface area (Å²) >= 11 is 0. The molecule has 0 aliphatic carbocycles. The maximum atomic E-state index is 11.9. The number of benzene rings is 1. The topological polar surface area (TPSA) is 71.2 Å². The van der Waals surface area contributed by atoms with E-state index in [4.69, 9.17) is 4.52 Å². The Labute approximate surface area is 106 Å². The van der Waals surface area contributed by atoms with Crippen LogP contribution in [0.15, 0.2) is 28.8 Å². The zero-order chi connectivity index (χ0) is 13.9. The summed E-state index contributed by atoms with van der Waals surface area (Å²) in [5.41, 5.74) is 0.519. The number of aromatic hydroxyl groups is 1. The fourth-order valence-electron chi connectivity index (χ4n) is 1.40. The molecule has 2 N–H and O–H groups in total. The van der Waals surface area contributed by atoms with Gasteiger partial charge in [-0.05, 0) is 12.1 Å². The third-order valence-corrected chi connectivity index (χ3v) is 2.17. The second-order valence-corrected chi connectivity index (χ2v) is 3.78. The van der Waals surface area contributed by atoms with E-state index < -0.39 is 12.7 Å². The fraction of sp³-hybridized carbons (Fsp3) is 0.273. The zero-order valence-corrected chi connectivity index (χ0v) is 9.61. The Morgan fingerprint density at radius 1 is 1.32 bits per heavy atom. The molecule has 0 fully saturated rings. The van der Waals surface area contributed by atoms with Crippen molar-refractivity contribution >= 4 is 0 Å². The highest BCUT2D eigenvalue weighted by molar-refractivity contribution is 5.56. The summed E-state index contributed by atoms with van der Waals surface area (Å²) in [4.78, 5) is 3.92. The van der Waals surface area contributed by atoms with Crippen molar-refractivity contribution in [2.45, 2.75) is 12.7 Å². The van der Waals surface area contributed by atoms with Crippen molar-refractivity contribution in [3.63, 3.8) is 0 Å². The molecule has 8 heteroatoms. The van der Waals surface area contributed by atoms with Crippen molar-refractivity contribution in [1.29, 1.82) is 0 Å². The van der Waals surface area contributed by atoms with Crippen molar-refractivity contribution in [3.05, 3.63) is 30.2 Å². The van der Waals surface area contributed by atoms with Crippen LogP contribution in [-0.2, 0) is 6.54 Å². The van der Waals surface area contributed by atoms with Crippen LogP contribution in [0.5, 0.6) is 5.75 Å². The maximum absolute atomic E-state index is 11.9. The van der Waals surface area contributed by atoms with E-state index in [-0.39, 0.29) is 24.0 Å². The highest BCUT2D eigenvalue weighted by Gasteiger charge is 2.26. The molecule has 0 saturated carbocycles. The van der Waals surface area contributed by atoms with Crippen LogP contribution in [0.2, 0.25) is 0 Å². The molecule has 0 saturated heterocycles. The minimum atomic E-state index is -4.28. The molecule has 1 aromatic heterocycles. The minimum absolute atomic E-state index is 0.0408. The summed E-state index contributed by atoms with van der Waals surface area (Å²) in [7, 11) is 0. The predicted octanol–water partition coefficient (Wildman–Crippen LogP) is 2.09. The van der Waals surface area contributed by atoms with Gasteiger partial charge in [-0.1, -0.05) is 17.3 Å². The van der Waals surface area contributed by atoms with Crippen molar-refractivity contribution in [2.75, 3.05) is 6.54 Å². The summed E-state index contributed by atoms with van der Waals surface area (Å²) in [5, 5.41) is 15.1. The van der Waals surface area contributed by atoms with Gasteiger partial charge in [-0.3, -0.25) is 0 Å². The molecule has 0 unspecified atom stereocenters. The first-order valence-corrected chi connectivity index (χ1v) is 5.33. The molecule has 0 aliphatic rings. The molecule has 1 heterocycles. The Morgan fingerprint density at radius 3 is 2.79 bits per heavy atom. The lowest BCUT2D eigenvalue weighted by atomic mass is 10.2. The van der Waals surface area contributed by atoms with Gasteiger partial charge in [0.15, 0.2) is 0 Å². The third-order valence-electron chi connectivity index (χ3n) is 2.17. The van der Waals surface area contributed by atoms with E-state index in [0.717, 1.165) is 0 Å². The monoisotopic (exact) mass is 273 g/mol. The number of halogens is 3. The number of phenolic OH excluding ortho intramolecular Hbond substituents is 1. The smallest absolute Gasteiger partial charge is 0.401 e. The van der Waals surface area contributed by atoms with Crippen molar-refractivity contribution < 1.29 is 22.8 Å². The number of alkyl halides is 3. The van der Waals surface area contributed by atoms with Gasteiger partial charge in [0.1, 0.15) is 5.75 Å². The first-order chi connectivity index (χ1) is 8.94. The lowest BCUT2D eigenvalue weighted by Crippen LogP contribution is -2.28. The molecule has 5 nitrogen and oxygen atoms in total. The van der Waals surface area contributed by atoms with Gasteiger partial charge in [-0.15, -0.1) is 0 Å². The number of hydrogen-bond acceptors (Lipinski definition) is 5. The van der Waals surface area contributed by atoms with Crippen LogP contribution >= 0.6 is 0 Å². The SMILES string of the molecule is Oc1cccc(-c2noc(CNCC(F)(F)F)n2)c1. The molecular weight excluding hydrogens is 263 g/mol. The average molecular weight is 273 g/mol. The van der Waals surface area contributed by atoms with Gasteiger partial charge in [0, 0.05) is 5.56 Å². The van der Waals surface area contributed by atoms with Gasteiger partial charge >= 0.3 is 6.18 Å². The van der Waals surface area contributed by atoms with Crippen LogP contribution in [0, 0.1) is 0 Å². The van der Waals surface area contributed by atoms with Crippen LogP contribution in [0.4, 0.5) is 13.2 Å². The molecule has 0 radical (unpaired) electrons. The first kappa shape index (κ1) is 13.3. The van der Waals surface area contributed by atoms with E-state index in [0.29, 0.717) is 5.56 Å². The lowest BCUT2D eigenvalue weighted by molar-refractivity contribution is -0.125. The normalized spacial score (nSPS) is 11.7. The zero-order valence-electron chi connectivity index (χ0n) is 9.61. The molecular formula is C11H10F3N3O2. The molecule has 0 bridgehead atoms. The predicted molar refractivity (Wildman–Crippen MR) is 59.2 cm³/mol. The second kappa shape index (κ2) is 5.27. The molecule has 2 aromatic rings. The molecule has 0 spiro atoms. The summed E-state index contributed by atoms with van der Waals surface area (Å²) in [6, 6.07) is 6.16. The Balaban J connectivity index is 1.99. The van der Waals surface area contributed by atoms with Gasteiger partial charge in [0.05, 0.1) is 13.1 Å². The lowest BCUT2D eigenvalue weighted by Gasteiger charge is -2.05. The van der Waals surface area contributed by atoms with E-state index in [2.05, 4.69) is 15.5 Å². The molecule has 1 aromatic carbocycles. The highest BCUT2D eigenvalue weighted by atomic mass is 19.4. The van der Waals surface area contributed by atoms with E-state index >= 15 is 0 Å². The summed E-state index contributed by atoms with van der Waals surface area (Å²) in [6.45, 7) is -1.30. The molecule has 0 atom stereocenters. The standard InChI is InChI=1S/C11H10F3N3O2/c12-11(13,14)6-15-5-9-16-10(17-19-9)7-2-1-3-8(18)4-7/h1-4,15,18H,5-6H2. The summed E-state index contributed by atoms with van der Waals surface area (Å²) in [6.07, 6.45) is -4.28. The fourth-order valence-corrected chi connectivity index (χ4v) is 1.40. The van der Waals surface area contributed by atoms with Gasteiger partial charge in [-0.2, -0.15) is 18.2 Å². The number of nitrogens with one attached hydrogen (secondary N) is 1. The number of rotatable bonds is 4. The first-order valence-electron chi connectivity index (χ1n) is 5.33. The molecule has 19 heavy (non-hydrogen) atoms. The highest BCUT2D eigenvalue weighted by Crippen LogP contribution is 2.20. The van der Waals surface area contributed by atoms with Crippen LogP contribution in [0.3, 0.4) is 0 Å². The van der Waals surface area contributed by atoms with Gasteiger partial charge in [0.25, 0.3) is 0 Å². The van der Waals surface area contributed by atoms with E-state index in [1.165, 1.54) is 12.1 Å². The van der Waals surface area contributed by atoms with Gasteiger partial charge in [-0.25, -0.2) is 0 Å². The third kappa shape index (κ3) is 3.95. The Morgan fingerprint density at radius 2 is 2.11 bits per heavy atom. The Hall–Kier alpha value is -2.09. The minimum Gasteiger partial charge on any atom is -0.508 e. The molecule has 2 rings (SSSR count). The van der Waals surface area contributed by atoms with Crippen LogP contribution in [0.1, 0.15) is 5.89 Å². The van der Waals surface area contributed by atoms with E-state index in [9.17, 15) is 18.3 Å². The number of aromatic nitrogens is 2. The Bertz CT molecular complexity index is 554. The van der Waals surface area contributed by atoms with E-state index in [1.54, 1.807) is 12.1 Å². The number of phenols is 1. The molecule has 0 amide bonds.